The summed E-state index contributed by atoms with van der Waals surface area (Å²) in [7, 11) is 0. The molecule has 1 heterocycles. The van der Waals surface area contributed by atoms with Crippen molar-refractivity contribution in [3.63, 3.8) is 0 Å². The number of carbonyl (C=O) groups is 2. The highest BCUT2D eigenvalue weighted by atomic mass is 79.9. The van der Waals surface area contributed by atoms with Crippen LogP contribution in [0.4, 0.5) is 10.5 Å². The molecule has 1 aliphatic heterocycles. The van der Waals surface area contributed by atoms with Gasteiger partial charge in [-0.2, -0.15) is 0 Å². The number of nitrogens with one attached hydrogen (secondary N) is 1. The van der Waals surface area contributed by atoms with Crippen LogP contribution in [-0.4, -0.2) is 59.4 Å². The van der Waals surface area contributed by atoms with E-state index in [0.29, 0.717) is 25.3 Å². The van der Waals surface area contributed by atoms with E-state index in [9.17, 15) is 9.59 Å². The second-order valence-corrected chi connectivity index (χ2v) is 11.5. The molecule has 1 aliphatic rings. The van der Waals surface area contributed by atoms with Gasteiger partial charge in [0.2, 0.25) is 5.91 Å². The van der Waals surface area contributed by atoms with E-state index in [1.54, 1.807) is 4.90 Å². The second kappa shape index (κ2) is 14.3. The van der Waals surface area contributed by atoms with Crippen molar-refractivity contribution in [3.8, 4) is 0 Å². The van der Waals surface area contributed by atoms with Gasteiger partial charge in [0.15, 0.2) is 0 Å². The fourth-order valence-electron chi connectivity index (χ4n) is 5.63. The quantitative estimate of drug-likeness (QED) is 0.211. The predicted octanol–water partition coefficient (Wildman–Crippen LogP) is 7.37. The van der Waals surface area contributed by atoms with Crippen LogP contribution in [0.25, 0.3) is 0 Å². The number of amides is 3. The Labute approximate surface area is 257 Å². The monoisotopic (exact) mass is 624 g/mol. The maximum atomic E-state index is 13.5. The highest BCUT2D eigenvalue weighted by Gasteiger charge is 2.29. The summed E-state index contributed by atoms with van der Waals surface area (Å²) in [5.74, 6) is 0.0751. The van der Waals surface area contributed by atoms with Crippen LogP contribution in [0, 0.1) is 0 Å². The number of urea groups is 1. The van der Waals surface area contributed by atoms with E-state index in [2.05, 4.69) is 74.7 Å². The molecule has 7 heteroatoms. The van der Waals surface area contributed by atoms with Gasteiger partial charge in [0, 0.05) is 49.3 Å². The molecule has 1 atom stereocenters. The first-order valence-corrected chi connectivity index (χ1v) is 15.3. The Morgan fingerprint density at radius 1 is 0.762 bits per heavy atom. The van der Waals surface area contributed by atoms with Crippen molar-refractivity contribution in [2.45, 2.75) is 25.4 Å². The van der Waals surface area contributed by atoms with Crippen LogP contribution >= 0.6 is 15.9 Å². The Morgan fingerprint density at radius 2 is 1.31 bits per heavy atom. The first-order valence-electron chi connectivity index (χ1n) is 14.5. The summed E-state index contributed by atoms with van der Waals surface area (Å²) >= 11 is 3.47. The van der Waals surface area contributed by atoms with Crippen LogP contribution in [0.2, 0.25) is 0 Å². The minimum absolute atomic E-state index is 0.0751. The topological polar surface area (TPSA) is 55.9 Å². The summed E-state index contributed by atoms with van der Waals surface area (Å²) in [5, 5.41) is 3.01. The molecule has 1 unspecified atom stereocenters. The number of hydrogen-bond acceptors (Lipinski definition) is 3. The zero-order valence-corrected chi connectivity index (χ0v) is 25.5. The Kier molecular flexibility index (Phi) is 10.1. The minimum Gasteiger partial charge on any atom is -0.340 e. The molecule has 0 aliphatic carbocycles. The Bertz CT molecular complexity index is 1400. The van der Waals surface area contributed by atoms with Crippen molar-refractivity contribution in [2.75, 3.05) is 38.0 Å². The molecule has 216 valence electrons. The van der Waals surface area contributed by atoms with Crippen LogP contribution in [0.3, 0.4) is 0 Å². The van der Waals surface area contributed by atoms with E-state index in [4.69, 9.17) is 0 Å². The number of nitrogens with zero attached hydrogens (tertiary/aromatic N) is 3. The van der Waals surface area contributed by atoms with Crippen LogP contribution in [0.5, 0.6) is 0 Å². The summed E-state index contributed by atoms with van der Waals surface area (Å²) in [6, 6.07) is 38.3. The highest BCUT2D eigenvalue weighted by Crippen LogP contribution is 2.30. The Morgan fingerprint density at radius 3 is 1.86 bits per heavy atom. The van der Waals surface area contributed by atoms with Crippen molar-refractivity contribution in [1.29, 1.82) is 0 Å². The number of anilines is 1. The lowest BCUT2D eigenvalue weighted by molar-refractivity contribution is -0.133. The lowest BCUT2D eigenvalue weighted by Crippen LogP contribution is -2.50. The van der Waals surface area contributed by atoms with Gasteiger partial charge in [0.25, 0.3) is 0 Å². The van der Waals surface area contributed by atoms with Gasteiger partial charge >= 0.3 is 6.03 Å². The number of piperazine rings is 1. The van der Waals surface area contributed by atoms with E-state index < -0.39 is 0 Å². The van der Waals surface area contributed by atoms with Crippen LogP contribution in [-0.2, 0) is 4.79 Å². The van der Waals surface area contributed by atoms with Gasteiger partial charge in [-0.25, -0.2) is 4.79 Å². The molecule has 6 nitrogen and oxygen atoms in total. The smallest absolute Gasteiger partial charge is 0.322 e. The maximum absolute atomic E-state index is 13.5. The lowest BCUT2D eigenvalue weighted by Gasteiger charge is -2.40. The SMILES string of the molecule is CC(c1ccccc1)N(CCC(=O)N1CCN(C(c2ccccc2)c2ccccc2)CC1)C(=O)Nc1cccc(Br)c1. The summed E-state index contributed by atoms with van der Waals surface area (Å²) in [4.78, 5) is 33.1. The standard InChI is InChI=1S/C35H37BrN4O2/c1-27(28-12-5-2-6-13-28)40(35(42)37-32-19-11-18-31(36)26-32)21-20-33(41)38-22-24-39(25-23-38)34(29-14-7-3-8-15-29)30-16-9-4-10-17-30/h2-19,26-27,34H,20-25H2,1H3,(H,37,42). The van der Waals surface area contributed by atoms with Gasteiger partial charge in [-0.3, -0.25) is 9.69 Å². The van der Waals surface area contributed by atoms with E-state index in [0.717, 1.165) is 23.1 Å². The van der Waals surface area contributed by atoms with E-state index >= 15 is 0 Å². The van der Waals surface area contributed by atoms with Gasteiger partial charge in [-0.15, -0.1) is 0 Å². The highest BCUT2D eigenvalue weighted by molar-refractivity contribution is 9.10. The van der Waals surface area contributed by atoms with Crippen molar-refractivity contribution in [3.05, 3.63) is 136 Å². The third-order valence-corrected chi connectivity index (χ3v) is 8.41. The second-order valence-electron chi connectivity index (χ2n) is 10.6. The molecule has 0 radical (unpaired) electrons. The van der Waals surface area contributed by atoms with E-state index in [1.165, 1.54) is 11.1 Å². The van der Waals surface area contributed by atoms with E-state index in [1.807, 2.05) is 78.6 Å². The molecule has 0 bridgehead atoms. The number of hydrogen-bond donors (Lipinski definition) is 1. The van der Waals surface area contributed by atoms with Crippen molar-refractivity contribution >= 4 is 33.6 Å². The number of benzene rings is 4. The fraction of sp³-hybridized carbons (Fsp3) is 0.257. The molecule has 42 heavy (non-hydrogen) atoms. The average Bonchev–Trinajstić information content (AvgIpc) is 3.03. The van der Waals surface area contributed by atoms with Gasteiger partial charge in [-0.05, 0) is 41.8 Å². The van der Waals surface area contributed by atoms with Crippen molar-refractivity contribution in [2.24, 2.45) is 0 Å². The molecule has 1 N–H and O–H groups in total. The van der Waals surface area contributed by atoms with Gasteiger partial charge < -0.3 is 15.1 Å². The van der Waals surface area contributed by atoms with E-state index in [-0.39, 0.29) is 30.4 Å². The molecule has 5 rings (SSSR count). The van der Waals surface area contributed by atoms with Crippen molar-refractivity contribution < 1.29 is 9.59 Å². The van der Waals surface area contributed by atoms with Gasteiger partial charge in [0.1, 0.15) is 0 Å². The third-order valence-electron chi connectivity index (χ3n) is 7.92. The maximum Gasteiger partial charge on any atom is 0.322 e. The molecule has 1 saturated heterocycles. The fourth-order valence-corrected chi connectivity index (χ4v) is 6.03. The van der Waals surface area contributed by atoms with Crippen LogP contribution < -0.4 is 5.32 Å². The minimum atomic E-state index is -0.226. The molecule has 0 aromatic heterocycles. The Hall–Kier alpha value is -3.94. The summed E-state index contributed by atoms with van der Waals surface area (Å²) in [6.07, 6.45) is 0.268. The molecule has 4 aromatic rings. The van der Waals surface area contributed by atoms with Gasteiger partial charge in [0.05, 0.1) is 12.1 Å². The molecule has 0 spiro atoms. The number of carbonyl (C=O) groups excluding carboxylic acids is 2. The molecule has 4 aromatic carbocycles. The van der Waals surface area contributed by atoms with Crippen molar-refractivity contribution in [1.82, 2.24) is 14.7 Å². The first kappa shape index (κ1) is 29.5. The van der Waals surface area contributed by atoms with Crippen LogP contribution in [0.1, 0.15) is 42.1 Å². The lowest BCUT2D eigenvalue weighted by atomic mass is 9.96. The molecule has 0 saturated carbocycles. The number of halogens is 1. The largest absolute Gasteiger partial charge is 0.340 e. The first-order chi connectivity index (χ1) is 20.5. The number of rotatable bonds is 9. The summed E-state index contributed by atoms with van der Waals surface area (Å²) < 4.78 is 0.888. The third kappa shape index (κ3) is 7.46. The Balaban J connectivity index is 1.24. The normalized spacial score (nSPS) is 14.4. The average molecular weight is 626 g/mol. The molecular formula is C35H37BrN4O2. The summed E-state index contributed by atoms with van der Waals surface area (Å²) in [5.41, 5.74) is 4.24. The summed E-state index contributed by atoms with van der Waals surface area (Å²) in [6.45, 7) is 5.22. The zero-order valence-electron chi connectivity index (χ0n) is 23.9. The zero-order chi connectivity index (χ0) is 29.3. The van der Waals surface area contributed by atoms with Crippen LogP contribution in [0.15, 0.2) is 120 Å². The molecule has 1 fully saturated rings. The molecular weight excluding hydrogens is 588 g/mol. The van der Waals surface area contributed by atoms with Gasteiger partial charge in [-0.1, -0.05) is 113 Å². The molecule has 3 amide bonds. The predicted molar refractivity (Wildman–Crippen MR) is 172 cm³/mol.